The molecular weight excluding hydrogens is 417 g/mol. The van der Waals surface area contributed by atoms with Gasteiger partial charge in [-0.2, -0.15) is 0 Å². The Morgan fingerprint density at radius 3 is 2.28 bits per heavy atom. The van der Waals surface area contributed by atoms with E-state index in [1.54, 1.807) is 24.3 Å². The normalized spacial score (nSPS) is 10.6. The molecule has 0 aliphatic heterocycles. The van der Waals surface area contributed by atoms with E-state index < -0.39 is 17.0 Å². The second kappa shape index (κ2) is 8.98. The molecule has 2 aromatic carbocycles. The second-order valence-electron chi connectivity index (χ2n) is 6.04. The lowest BCUT2D eigenvalue weighted by molar-refractivity contribution is -0.116. The standard InChI is InChI=1S/C20H17Cl2N3O4/c1-2-29-17-5-3-16(4-6-17)25-8-7-24(19(27)20(25)28)12-18(26)23-15-10-13(21)9-14(22)11-15/h3-11H,2,12H2,1H3,(H,23,26). The Labute approximate surface area is 176 Å². The quantitative estimate of drug-likeness (QED) is 0.604. The molecule has 0 bridgehead atoms. The van der Waals surface area contributed by atoms with Gasteiger partial charge in [-0.05, 0) is 49.4 Å². The highest BCUT2D eigenvalue weighted by Gasteiger charge is 2.11. The molecule has 29 heavy (non-hydrogen) atoms. The van der Waals surface area contributed by atoms with E-state index in [-0.39, 0.29) is 6.54 Å². The minimum atomic E-state index is -0.819. The van der Waals surface area contributed by atoms with Crippen LogP contribution in [0.5, 0.6) is 5.75 Å². The van der Waals surface area contributed by atoms with E-state index in [4.69, 9.17) is 27.9 Å². The van der Waals surface area contributed by atoms with Gasteiger partial charge in [0, 0.05) is 33.8 Å². The molecule has 3 aromatic rings. The maximum atomic E-state index is 12.5. The number of anilines is 1. The minimum absolute atomic E-state index is 0.331. The van der Waals surface area contributed by atoms with Crippen molar-refractivity contribution in [1.82, 2.24) is 9.13 Å². The zero-order valence-corrected chi connectivity index (χ0v) is 16.9. The van der Waals surface area contributed by atoms with Crippen molar-refractivity contribution < 1.29 is 9.53 Å². The number of hydrogen-bond acceptors (Lipinski definition) is 4. The van der Waals surface area contributed by atoms with Gasteiger partial charge in [0.1, 0.15) is 12.3 Å². The van der Waals surface area contributed by atoms with Crippen molar-refractivity contribution in [2.24, 2.45) is 0 Å². The summed E-state index contributed by atoms with van der Waals surface area (Å²) in [6, 6.07) is 11.3. The fourth-order valence-electron chi connectivity index (χ4n) is 2.69. The molecular formula is C20H17Cl2N3O4. The molecule has 1 aromatic heterocycles. The fourth-order valence-corrected chi connectivity index (χ4v) is 3.21. The molecule has 9 heteroatoms. The van der Waals surface area contributed by atoms with Crippen molar-refractivity contribution >= 4 is 34.8 Å². The van der Waals surface area contributed by atoms with E-state index in [9.17, 15) is 14.4 Å². The molecule has 1 N–H and O–H groups in total. The third-order valence-electron chi connectivity index (χ3n) is 3.94. The van der Waals surface area contributed by atoms with Gasteiger partial charge in [0.2, 0.25) is 5.91 Å². The largest absolute Gasteiger partial charge is 0.494 e. The first-order chi connectivity index (χ1) is 13.9. The summed E-state index contributed by atoms with van der Waals surface area (Å²) < 4.78 is 7.61. The van der Waals surface area contributed by atoms with Gasteiger partial charge in [0.05, 0.1) is 6.61 Å². The zero-order valence-electron chi connectivity index (χ0n) is 15.4. The number of halogens is 2. The summed E-state index contributed by atoms with van der Waals surface area (Å²) in [5, 5.41) is 3.32. The number of nitrogens with one attached hydrogen (secondary N) is 1. The van der Waals surface area contributed by atoms with Gasteiger partial charge in [0.25, 0.3) is 0 Å². The van der Waals surface area contributed by atoms with Crippen LogP contribution >= 0.6 is 23.2 Å². The van der Waals surface area contributed by atoms with Gasteiger partial charge in [0.15, 0.2) is 0 Å². The van der Waals surface area contributed by atoms with E-state index >= 15 is 0 Å². The third kappa shape index (κ3) is 5.07. The Morgan fingerprint density at radius 1 is 1.00 bits per heavy atom. The van der Waals surface area contributed by atoms with Crippen molar-refractivity contribution in [2.75, 3.05) is 11.9 Å². The first-order valence-corrected chi connectivity index (χ1v) is 9.44. The third-order valence-corrected chi connectivity index (χ3v) is 4.38. The average Bonchev–Trinajstić information content (AvgIpc) is 2.66. The molecule has 0 aliphatic carbocycles. The van der Waals surface area contributed by atoms with Gasteiger partial charge in [-0.3, -0.25) is 23.5 Å². The summed E-state index contributed by atoms with van der Waals surface area (Å²) >= 11 is 11.8. The molecule has 1 heterocycles. The first kappa shape index (κ1) is 20.7. The Bertz CT molecular complexity index is 1130. The Hall–Kier alpha value is -3.03. The molecule has 3 rings (SSSR count). The number of carbonyl (C=O) groups is 1. The predicted octanol–water partition coefficient (Wildman–Crippen LogP) is 3.34. The first-order valence-electron chi connectivity index (χ1n) is 8.68. The Kier molecular flexibility index (Phi) is 6.41. The summed E-state index contributed by atoms with van der Waals surface area (Å²) in [6.07, 6.45) is 2.81. The lowest BCUT2D eigenvalue weighted by atomic mass is 10.3. The van der Waals surface area contributed by atoms with Crippen molar-refractivity contribution in [3.05, 3.63) is 85.6 Å². The lowest BCUT2D eigenvalue weighted by Crippen LogP contribution is -2.41. The SMILES string of the molecule is CCOc1ccc(-n2ccn(CC(=O)Nc3cc(Cl)cc(Cl)c3)c(=O)c2=O)cc1. The number of hydrogen-bond donors (Lipinski definition) is 1. The van der Waals surface area contributed by atoms with Crippen LogP contribution in [0.2, 0.25) is 10.0 Å². The molecule has 1 amide bonds. The number of ether oxygens (including phenoxy) is 1. The van der Waals surface area contributed by atoms with Crippen LogP contribution in [-0.2, 0) is 11.3 Å². The van der Waals surface area contributed by atoms with Gasteiger partial charge < -0.3 is 10.1 Å². The van der Waals surface area contributed by atoms with Crippen LogP contribution in [-0.4, -0.2) is 21.6 Å². The van der Waals surface area contributed by atoms with Crippen LogP contribution in [0.15, 0.2) is 64.4 Å². The highest BCUT2D eigenvalue weighted by Crippen LogP contribution is 2.22. The molecule has 0 fully saturated rings. The average molecular weight is 434 g/mol. The number of carbonyl (C=O) groups excluding carboxylic acids is 1. The monoisotopic (exact) mass is 433 g/mol. The zero-order chi connectivity index (χ0) is 21.0. The van der Waals surface area contributed by atoms with Crippen LogP contribution < -0.4 is 21.2 Å². The number of rotatable bonds is 6. The molecule has 0 aliphatic rings. The van der Waals surface area contributed by atoms with E-state index in [1.165, 1.54) is 35.2 Å². The summed E-state index contributed by atoms with van der Waals surface area (Å²) in [6.45, 7) is 2.07. The summed E-state index contributed by atoms with van der Waals surface area (Å²) in [7, 11) is 0. The van der Waals surface area contributed by atoms with Crippen molar-refractivity contribution in [3.8, 4) is 11.4 Å². The minimum Gasteiger partial charge on any atom is -0.494 e. The van der Waals surface area contributed by atoms with Crippen LogP contribution in [0.1, 0.15) is 6.92 Å². The number of amides is 1. The summed E-state index contributed by atoms with van der Waals surface area (Å²) in [5.41, 5.74) is -0.681. The number of benzene rings is 2. The van der Waals surface area contributed by atoms with E-state index in [0.717, 1.165) is 4.57 Å². The van der Waals surface area contributed by atoms with E-state index in [2.05, 4.69) is 5.32 Å². The van der Waals surface area contributed by atoms with Gasteiger partial charge >= 0.3 is 11.1 Å². The van der Waals surface area contributed by atoms with Crippen molar-refractivity contribution in [2.45, 2.75) is 13.5 Å². The van der Waals surface area contributed by atoms with Crippen molar-refractivity contribution in [3.63, 3.8) is 0 Å². The Balaban J connectivity index is 1.79. The molecule has 0 unspecified atom stereocenters. The molecule has 0 spiro atoms. The highest BCUT2D eigenvalue weighted by molar-refractivity contribution is 6.35. The number of aromatic nitrogens is 2. The fraction of sp³-hybridized carbons (Fsp3) is 0.150. The van der Waals surface area contributed by atoms with Crippen LogP contribution in [0, 0.1) is 0 Å². The van der Waals surface area contributed by atoms with Gasteiger partial charge in [-0.1, -0.05) is 23.2 Å². The Morgan fingerprint density at radius 2 is 1.66 bits per heavy atom. The van der Waals surface area contributed by atoms with E-state index in [0.29, 0.717) is 33.8 Å². The maximum absolute atomic E-state index is 12.5. The number of nitrogens with zero attached hydrogens (tertiary/aromatic N) is 2. The summed E-state index contributed by atoms with van der Waals surface area (Å²) in [5.74, 6) is 0.166. The van der Waals surface area contributed by atoms with Crippen molar-refractivity contribution in [1.29, 1.82) is 0 Å². The maximum Gasteiger partial charge on any atom is 0.320 e. The van der Waals surface area contributed by atoms with Gasteiger partial charge in [-0.15, -0.1) is 0 Å². The smallest absolute Gasteiger partial charge is 0.320 e. The van der Waals surface area contributed by atoms with Crippen LogP contribution in [0.25, 0.3) is 5.69 Å². The topological polar surface area (TPSA) is 82.3 Å². The van der Waals surface area contributed by atoms with Gasteiger partial charge in [-0.25, -0.2) is 0 Å². The molecule has 7 nitrogen and oxygen atoms in total. The second-order valence-corrected chi connectivity index (χ2v) is 6.91. The molecule has 0 saturated heterocycles. The molecule has 0 radical (unpaired) electrons. The van der Waals surface area contributed by atoms with E-state index in [1.807, 2.05) is 6.92 Å². The molecule has 0 atom stereocenters. The molecule has 150 valence electrons. The van der Waals surface area contributed by atoms with Crippen LogP contribution in [0.3, 0.4) is 0 Å². The summed E-state index contributed by atoms with van der Waals surface area (Å²) in [4.78, 5) is 37.1. The molecule has 0 saturated carbocycles. The van der Waals surface area contributed by atoms with Crippen LogP contribution in [0.4, 0.5) is 5.69 Å². The highest BCUT2D eigenvalue weighted by atomic mass is 35.5. The predicted molar refractivity (Wildman–Crippen MR) is 113 cm³/mol. The lowest BCUT2D eigenvalue weighted by Gasteiger charge is -2.10.